The molecular weight excluding hydrogens is 316 g/mol. The Kier molecular flexibility index (Phi) is 4.57. The van der Waals surface area contributed by atoms with Crippen molar-refractivity contribution in [1.29, 1.82) is 0 Å². The number of H-pyrrole nitrogens is 2. The van der Waals surface area contributed by atoms with Gasteiger partial charge in [0.1, 0.15) is 12.4 Å². The van der Waals surface area contributed by atoms with Crippen molar-refractivity contribution in [1.82, 2.24) is 10.2 Å². The number of aromatic nitrogens is 2. The van der Waals surface area contributed by atoms with Gasteiger partial charge in [0.2, 0.25) is 5.43 Å². The molecule has 5 heteroatoms. The van der Waals surface area contributed by atoms with Crippen LogP contribution in [0.5, 0.6) is 5.75 Å². The third-order valence-corrected chi connectivity index (χ3v) is 4.33. The molecule has 0 fully saturated rings. The van der Waals surface area contributed by atoms with Crippen molar-refractivity contribution in [3.63, 3.8) is 0 Å². The average molecular weight is 336 g/mol. The zero-order chi connectivity index (χ0) is 17.9. The van der Waals surface area contributed by atoms with Gasteiger partial charge in [-0.1, -0.05) is 56.3 Å². The van der Waals surface area contributed by atoms with Crippen LogP contribution in [-0.4, -0.2) is 10.2 Å². The molecule has 3 rings (SSSR count). The monoisotopic (exact) mass is 336 g/mol. The molecule has 0 unspecified atom stereocenters. The van der Waals surface area contributed by atoms with E-state index in [9.17, 15) is 9.59 Å². The molecule has 0 atom stereocenters. The molecule has 0 aliphatic heterocycles. The second-order valence-electron chi connectivity index (χ2n) is 6.42. The summed E-state index contributed by atoms with van der Waals surface area (Å²) in [6, 6.07) is 19.5. The summed E-state index contributed by atoms with van der Waals surface area (Å²) in [4.78, 5) is 22.4. The summed E-state index contributed by atoms with van der Waals surface area (Å²) < 4.78 is 5.67. The van der Waals surface area contributed by atoms with Crippen molar-refractivity contribution in [3.05, 3.63) is 98.1 Å². The number of rotatable bonds is 5. The Labute approximate surface area is 145 Å². The molecule has 0 saturated heterocycles. The first-order valence-electron chi connectivity index (χ1n) is 8.06. The fraction of sp³-hybridized carbons (Fsp3) is 0.200. The van der Waals surface area contributed by atoms with E-state index in [-0.39, 0.29) is 12.0 Å². The summed E-state index contributed by atoms with van der Waals surface area (Å²) in [7, 11) is 0. The molecule has 1 heterocycles. The zero-order valence-corrected chi connectivity index (χ0v) is 14.2. The summed E-state index contributed by atoms with van der Waals surface area (Å²) >= 11 is 0. The maximum atomic E-state index is 11.3. The van der Waals surface area contributed by atoms with E-state index in [1.54, 1.807) is 0 Å². The lowest BCUT2D eigenvalue weighted by Gasteiger charge is -2.26. The number of benzene rings is 2. The van der Waals surface area contributed by atoms with Gasteiger partial charge in [-0.3, -0.25) is 19.8 Å². The fourth-order valence-electron chi connectivity index (χ4n) is 2.69. The Morgan fingerprint density at radius 1 is 0.880 bits per heavy atom. The number of ether oxygens (including phenoxy) is 1. The molecule has 0 amide bonds. The highest BCUT2D eigenvalue weighted by atomic mass is 16.5. The van der Waals surface area contributed by atoms with E-state index < -0.39 is 11.0 Å². The van der Waals surface area contributed by atoms with Crippen LogP contribution in [0, 0.1) is 0 Å². The van der Waals surface area contributed by atoms with Gasteiger partial charge >= 0.3 is 5.56 Å². The Morgan fingerprint density at radius 2 is 1.52 bits per heavy atom. The zero-order valence-electron chi connectivity index (χ0n) is 14.2. The van der Waals surface area contributed by atoms with E-state index in [1.807, 2.05) is 42.5 Å². The van der Waals surface area contributed by atoms with Crippen molar-refractivity contribution in [2.24, 2.45) is 0 Å². The second-order valence-corrected chi connectivity index (χ2v) is 6.42. The molecule has 0 aliphatic carbocycles. The van der Waals surface area contributed by atoms with Gasteiger partial charge in [0.15, 0.2) is 0 Å². The minimum Gasteiger partial charge on any atom is -0.487 e. The Morgan fingerprint density at radius 3 is 2.16 bits per heavy atom. The van der Waals surface area contributed by atoms with Gasteiger partial charge in [-0.2, -0.15) is 0 Å². The van der Waals surface area contributed by atoms with Crippen LogP contribution in [0.25, 0.3) is 0 Å². The first-order chi connectivity index (χ1) is 12.0. The van der Waals surface area contributed by atoms with Gasteiger partial charge in [-0.15, -0.1) is 0 Å². The number of aromatic amines is 2. The highest BCUT2D eigenvalue weighted by Gasteiger charge is 2.22. The summed E-state index contributed by atoms with van der Waals surface area (Å²) in [6.07, 6.45) is 0. The van der Waals surface area contributed by atoms with E-state index in [0.717, 1.165) is 0 Å². The van der Waals surface area contributed by atoms with Crippen LogP contribution in [0.4, 0.5) is 0 Å². The highest BCUT2D eigenvalue weighted by molar-refractivity contribution is 5.39. The molecule has 2 aromatic carbocycles. The molecule has 0 spiro atoms. The minimum atomic E-state index is -0.670. The van der Waals surface area contributed by atoms with E-state index in [4.69, 9.17) is 4.74 Å². The maximum Gasteiger partial charge on any atom is 0.310 e. The van der Waals surface area contributed by atoms with Crippen LogP contribution in [-0.2, 0) is 12.0 Å². The summed E-state index contributed by atoms with van der Waals surface area (Å²) in [6.45, 7) is 4.54. The SMILES string of the molecule is CC(C)(c1ccccc1)c1ccc(OCc2cc(=O)c(=O)[nH][nH]2)cc1. The molecule has 0 aliphatic rings. The number of hydrogen-bond acceptors (Lipinski definition) is 3. The first kappa shape index (κ1) is 16.8. The number of hydrogen-bond donors (Lipinski definition) is 2. The third-order valence-electron chi connectivity index (χ3n) is 4.33. The quantitative estimate of drug-likeness (QED) is 0.703. The number of nitrogens with one attached hydrogen (secondary N) is 2. The van der Waals surface area contributed by atoms with Gasteiger partial charge in [0, 0.05) is 11.5 Å². The van der Waals surface area contributed by atoms with Gasteiger partial charge in [-0.25, -0.2) is 0 Å². The lowest BCUT2D eigenvalue weighted by molar-refractivity contribution is 0.299. The fourth-order valence-corrected chi connectivity index (χ4v) is 2.69. The normalized spacial score (nSPS) is 11.3. The Balaban J connectivity index is 1.73. The summed E-state index contributed by atoms with van der Waals surface area (Å²) in [5.74, 6) is 0.694. The van der Waals surface area contributed by atoms with Gasteiger partial charge in [0.25, 0.3) is 0 Å². The molecule has 0 radical (unpaired) electrons. The van der Waals surface area contributed by atoms with Crippen LogP contribution < -0.4 is 15.7 Å². The van der Waals surface area contributed by atoms with E-state index >= 15 is 0 Å². The van der Waals surface area contributed by atoms with E-state index in [1.165, 1.54) is 17.2 Å². The van der Waals surface area contributed by atoms with Gasteiger partial charge in [0.05, 0.1) is 5.69 Å². The largest absolute Gasteiger partial charge is 0.487 e. The van der Waals surface area contributed by atoms with Gasteiger partial charge < -0.3 is 4.74 Å². The molecule has 5 nitrogen and oxygen atoms in total. The lowest BCUT2D eigenvalue weighted by atomic mass is 9.78. The van der Waals surface area contributed by atoms with Gasteiger partial charge in [-0.05, 0) is 23.3 Å². The van der Waals surface area contributed by atoms with E-state index in [0.29, 0.717) is 11.4 Å². The Bertz CT molecular complexity index is 954. The van der Waals surface area contributed by atoms with Crippen molar-refractivity contribution in [2.45, 2.75) is 25.9 Å². The highest BCUT2D eigenvalue weighted by Crippen LogP contribution is 2.32. The van der Waals surface area contributed by atoms with Crippen molar-refractivity contribution in [3.8, 4) is 5.75 Å². The van der Waals surface area contributed by atoms with Crippen LogP contribution >= 0.6 is 0 Å². The standard InChI is InChI=1S/C20H20N2O3/c1-20(2,14-6-4-3-5-7-14)15-8-10-17(11-9-15)25-13-16-12-18(23)19(24)22-21-16/h3-12H,13H2,1-2H3,(H,21,23)(H,22,24). The first-order valence-corrected chi connectivity index (χ1v) is 8.06. The van der Waals surface area contributed by atoms with E-state index in [2.05, 4.69) is 36.2 Å². The molecule has 2 N–H and O–H groups in total. The molecule has 128 valence electrons. The minimum absolute atomic E-state index is 0.107. The summed E-state index contributed by atoms with van der Waals surface area (Å²) in [5, 5.41) is 4.92. The van der Waals surface area contributed by atoms with Crippen molar-refractivity contribution in [2.75, 3.05) is 0 Å². The molecule has 0 bridgehead atoms. The summed E-state index contributed by atoms with van der Waals surface area (Å²) in [5.41, 5.74) is 1.58. The molecule has 0 saturated carbocycles. The predicted molar refractivity (Wildman–Crippen MR) is 97.0 cm³/mol. The maximum absolute atomic E-state index is 11.3. The molecule has 3 aromatic rings. The molecule has 25 heavy (non-hydrogen) atoms. The smallest absolute Gasteiger partial charge is 0.310 e. The van der Waals surface area contributed by atoms with Crippen molar-refractivity contribution >= 4 is 0 Å². The molecule has 1 aromatic heterocycles. The van der Waals surface area contributed by atoms with Crippen molar-refractivity contribution < 1.29 is 4.74 Å². The average Bonchev–Trinajstić information content (AvgIpc) is 2.64. The topological polar surface area (TPSA) is 75.0 Å². The van der Waals surface area contributed by atoms with Crippen LogP contribution in [0.3, 0.4) is 0 Å². The van der Waals surface area contributed by atoms with Crippen LogP contribution in [0.2, 0.25) is 0 Å². The lowest BCUT2D eigenvalue weighted by Crippen LogP contribution is -2.28. The predicted octanol–water partition coefficient (Wildman–Crippen LogP) is 2.97. The third kappa shape index (κ3) is 3.71. The Hall–Kier alpha value is -3.08. The van der Waals surface area contributed by atoms with Crippen LogP contribution in [0.15, 0.2) is 70.3 Å². The second kappa shape index (κ2) is 6.81. The van der Waals surface area contributed by atoms with Crippen LogP contribution in [0.1, 0.15) is 30.7 Å². The molecular formula is C20H20N2O3.